The molecule has 8 heteroatoms. The molecule has 4 aromatic rings. The molecule has 1 aliphatic heterocycles. The third kappa shape index (κ3) is 3.92. The summed E-state index contributed by atoms with van der Waals surface area (Å²) in [6, 6.07) is 16.4. The van der Waals surface area contributed by atoms with E-state index in [0.29, 0.717) is 35.2 Å². The zero-order valence-electron chi connectivity index (χ0n) is 18.7. The molecule has 2 heterocycles. The van der Waals surface area contributed by atoms with E-state index in [1.807, 2.05) is 18.2 Å². The standard InChI is InChI=1S/C26H23ClFN3O3/c1-33-18-8-10-23(34-2)22(14-18)30-26(32)31-12-11-19-20-13-16(27)5-9-21(20)29-24(19)25(31)15-3-6-17(28)7-4-15/h3-10,13-14,25,29H,11-12H2,1-2H3,(H,30,32)/t25-/m1/s1. The lowest BCUT2D eigenvalue weighted by atomic mass is 9.92. The van der Waals surface area contributed by atoms with Crippen LogP contribution in [0, 0.1) is 5.82 Å². The topological polar surface area (TPSA) is 66.6 Å². The number of benzene rings is 3. The van der Waals surface area contributed by atoms with Gasteiger partial charge in [-0.3, -0.25) is 0 Å². The van der Waals surface area contributed by atoms with Crippen LogP contribution in [0.5, 0.6) is 11.5 Å². The van der Waals surface area contributed by atoms with Crippen LogP contribution >= 0.6 is 11.6 Å². The largest absolute Gasteiger partial charge is 0.497 e. The fourth-order valence-electron chi connectivity index (χ4n) is 4.57. The van der Waals surface area contributed by atoms with Gasteiger partial charge in [-0.25, -0.2) is 9.18 Å². The average molecular weight is 480 g/mol. The summed E-state index contributed by atoms with van der Waals surface area (Å²) in [6.07, 6.45) is 0.649. The summed E-state index contributed by atoms with van der Waals surface area (Å²) >= 11 is 6.26. The van der Waals surface area contributed by atoms with Gasteiger partial charge in [0.05, 0.1) is 25.9 Å². The maximum atomic E-state index is 13.7. The molecule has 1 atom stereocenters. The van der Waals surface area contributed by atoms with Crippen LogP contribution in [0.15, 0.2) is 60.7 Å². The van der Waals surface area contributed by atoms with Crippen molar-refractivity contribution in [2.45, 2.75) is 12.5 Å². The van der Waals surface area contributed by atoms with Gasteiger partial charge >= 0.3 is 6.03 Å². The first kappa shape index (κ1) is 22.1. The molecular weight excluding hydrogens is 457 g/mol. The number of anilines is 1. The Morgan fingerprint density at radius 2 is 1.88 bits per heavy atom. The second-order valence-electron chi connectivity index (χ2n) is 8.10. The number of carbonyl (C=O) groups excluding carboxylic acids is 1. The molecule has 1 aliphatic rings. The van der Waals surface area contributed by atoms with Gasteiger partial charge in [-0.2, -0.15) is 0 Å². The molecule has 1 aromatic heterocycles. The van der Waals surface area contributed by atoms with Gasteiger partial charge < -0.3 is 24.7 Å². The van der Waals surface area contributed by atoms with Gasteiger partial charge in [0.25, 0.3) is 0 Å². The zero-order chi connectivity index (χ0) is 23.8. The molecule has 174 valence electrons. The number of fused-ring (bicyclic) bond motifs is 3. The second-order valence-corrected chi connectivity index (χ2v) is 8.54. The van der Waals surface area contributed by atoms with Crippen LogP contribution in [-0.4, -0.2) is 36.7 Å². The smallest absolute Gasteiger partial charge is 0.322 e. The molecule has 0 fully saturated rings. The van der Waals surface area contributed by atoms with Crippen molar-refractivity contribution in [3.8, 4) is 11.5 Å². The number of nitrogens with zero attached hydrogens (tertiary/aromatic N) is 1. The number of nitrogens with one attached hydrogen (secondary N) is 2. The number of hydrogen-bond acceptors (Lipinski definition) is 3. The number of aromatic nitrogens is 1. The molecule has 2 N–H and O–H groups in total. The van der Waals surface area contributed by atoms with E-state index in [1.54, 1.807) is 49.5 Å². The molecule has 0 radical (unpaired) electrons. The van der Waals surface area contributed by atoms with Crippen LogP contribution in [0.1, 0.15) is 22.9 Å². The number of urea groups is 1. The van der Waals surface area contributed by atoms with Crippen molar-refractivity contribution in [3.63, 3.8) is 0 Å². The highest BCUT2D eigenvalue weighted by Gasteiger charge is 2.35. The van der Waals surface area contributed by atoms with Crippen molar-refractivity contribution >= 4 is 34.2 Å². The van der Waals surface area contributed by atoms with Gasteiger partial charge in [0.15, 0.2) is 0 Å². The number of rotatable bonds is 4. The molecule has 0 bridgehead atoms. The number of H-pyrrole nitrogens is 1. The normalized spacial score (nSPS) is 15.2. The maximum Gasteiger partial charge on any atom is 0.322 e. The summed E-state index contributed by atoms with van der Waals surface area (Å²) in [7, 11) is 3.11. The highest BCUT2D eigenvalue weighted by molar-refractivity contribution is 6.31. The molecule has 0 saturated carbocycles. The zero-order valence-corrected chi connectivity index (χ0v) is 19.4. The van der Waals surface area contributed by atoms with Crippen LogP contribution in [-0.2, 0) is 6.42 Å². The minimum absolute atomic E-state index is 0.303. The first-order valence-corrected chi connectivity index (χ1v) is 11.2. The van der Waals surface area contributed by atoms with Crippen molar-refractivity contribution < 1.29 is 18.7 Å². The molecular formula is C26H23ClFN3O3. The Kier molecular flexibility index (Phi) is 5.79. The van der Waals surface area contributed by atoms with E-state index in [1.165, 1.54) is 12.1 Å². The van der Waals surface area contributed by atoms with Crippen LogP contribution in [0.25, 0.3) is 10.9 Å². The van der Waals surface area contributed by atoms with Crippen molar-refractivity contribution in [3.05, 3.63) is 88.3 Å². The van der Waals surface area contributed by atoms with E-state index in [-0.39, 0.29) is 11.8 Å². The SMILES string of the molecule is COc1ccc(OC)c(NC(=O)N2CCc3c([nH]c4ccc(Cl)cc34)[C@H]2c2ccc(F)cc2)c1. The number of amides is 2. The number of hydrogen-bond donors (Lipinski definition) is 2. The molecule has 3 aromatic carbocycles. The fourth-order valence-corrected chi connectivity index (χ4v) is 4.74. The van der Waals surface area contributed by atoms with E-state index in [0.717, 1.165) is 27.7 Å². The summed E-state index contributed by atoms with van der Waals surface area (Å²) in [4.78, 5) is 18.8. The lowest BCUT2D eigenvalue weighted by Crippen LogP contribution is -2.43. The monoisotopic (exact) mass is 479 g/mol. The Morgan fingerprint density at radius 3 is 2.62 bits per heavy atom. The summed E-state index contributed by atoms with van der Waals surface area (Å²) in [6.45, 7) is 0.465. The maximum absolute atomic E-state index is 13.7. The van der Waals surface area contributed by atoms with Crippen LogP contribution in [0.4, 0.5) is 14.9 Å². The van der Waals surface area contributed by atoms with E-state index >= 15 is 0 Å². The van der Waals surface area contributed by atoms with Crippen LogP contribution in [0.2, 0.25) is 5.02 Å². The third-order valence-corrected chi connectivity index (χ3v) is 6.42. The molecule has 0 unspecified atom stereocenters. The van der Waals surface area contributed by atoms with Crippen molar-refractivity contribution in [1.82, 2.24) is 9.88 Å². The van der Waals surface area contributed by atoms with Gasteiger partial charge in [0.2, 0.25) is 0 Å². The highest BCUT2D eigenvalue weighted by atomic mass is 35.5. The van der Waals surface area contributed by atoms with Gasteiger partial charge in [-0.05, 0) is 60.0 Å². The minimum atomic E-state index is -0.438. The van der Waals surface area contributed by atoms with Crippen LogP contribution < -0.4 is 14.8 Å². The summed E-state index contributed by atoms with van der Waals surface area (Å²) in [5.41, 5.74) is 4.24. The van der Waals surface area contributed by atoms with Crippen molar-refractivity contribution in [2.75, 3.05) is 26.1 Å². The van der Waals surface area contributed by atoms with Gasteiger partial charge in [0, 0.05) is 34.2 Å². The third-order valence-electron chi connectivity index (χ3n) is 6.18. The number of halogens is 2. The second kappa shape index (κ2) is 8.91. The highest BCUT2D eigenvalue weighted by Crippen LogP contribution is 2.40. The number of methoxy groups -OCH3 is 2. The van der Waals surface area contributed by atoms with Gasteiger partial charge in [0.1, 0.15) is 17.3 Å². The van der Waals surface area contributed by atoms with Crippen molar-refractivity contribution in [2.24, 2.45) is 0 Å². The predicted molar refractivity (Wildman–Crippen MR) is 131 cm³/mol. The molecule has 5 rings (SSSR count). The Hall–Kier alpha value is -3.71. The molecule has 34 heavy (non-hydrogen) atoms. The lowest BCUT2D eigenvalue weighted by molar-refractivity contribution is 0.193. The predicted octanol–water partition coefficient (Wildman–Crippen LogP) is 6.16. The Balaban J connectivity index is 1.57. The van der Waals surface area contributed by atoms with Gasteiger partial charge in [-0.15, -0.1) is 0 Å². The molecule has 0 aliphatic carbocycles. The number of carbonyl (C=O) groups is 1. The summed E-state index contributed by atoms with van der Waals surface area (Å²) < 4.78 is 24.4. The summed E-state index contributed by atoms with van der Waals surface area (Å²) in [5, 5.41) is 4.65. The van der Waals surface area contributed by atoms with Gasteiger partial charge in [-0.1, -0.05) is 23.7 Å². The Bertz CT molecular complexity index is 1370. The minimum Gasteiger partial charge on any atom is -0.497 e. The quantitative estimate of drug-likeness (QED) is 0.368. The first-order valence-electron chi connectivity index (χ1n) is 10.8. The first-order chi connectivity index (χ1) is 16.5. The molecule has 6 nitrogen and oxygen atoms in total. The lowest BCUT2D eigenvalue weighted by Gasteiger charge is -2.36. The van der Waals surface area contributed by atoms with E-state index < -0.39 is 6.04 Å². The van der Waals surface area contributed by atoms with E-state index in [2.05, 4.69) is 10.3 Å². The Labute approximate surface area is 201 Å². The number of ether oxygens (including phenoxy) is 2. The van der Waals surface area contributed by atoms with Crippen LogP contribution in [0.3, 0.4) is 0 Å². The number of aromatic amines is 1. The van der Waals surface area contributed by atoms with Crippen molar-refractivity contribution in [1.29, 1.82) is 0 Å². The fraction of sp³-hybridized carbons (Fsp3) is 0.192. The average Bonchev–Trinajstić information content (AvgIpc) is 3.21. The molecule has 0 spiro atoms. The Morgan fingerprint density at radius 1 is 1.09 bits per heavy atom. The van der Waals surface area contributed by atoms with E-state index in [4.69, 9.17) is 21.1 Å². The molecule has 2 amide bonds. The summed E-state index contributed by atoms with van der Waals surface area (Å²) in [5.74, 6) is 0.783. The van der Waals surface area contributed by atoms with E-state index in [9.17, 15) is 9.18 Å². The molecule has 0 saturated heterocycles.